The smallest absolute Gasteiger partial charge is 0.0342 e. The zero-order valence-electron chi connectivity index (χ0n) is 9.37. The third-order valence-electron chi connectivity index (χ3n) is 3.21. The van der Waals surface area contributed by atoms with Gasteiger partial charge in [-0.2, -0.15) is 0 Å². The van der Waals surface area contributed by atoms with Crippen LogP contribution < -0.4 is 10.6 Å². The van der Waals surface area contributed by atoms with Crippen LogP contribution in [0.1, 0.15) is 19.8 Å². The van der Waals surface area contributed by atoms with Crippen molar-refractivity contribution in [1.29, 1.82) is 0 Å². The predicted molar refractivity (Wildman–Crippen MR) is 65.1 cm³/mol. The van der Waals surface area contributed by atoms with Gasteiger partial charge in [0.25, 0.3) is 0 Å². The SMILES string of the molecule is CC(Nc1ccccc1)C1CCCNC1. The van der Waals surface area contributed by atoms with Crippen molar-refractivity contribution in [2.45, 2.75) is 25.8 Å². The Morgan fingerprint density at radius 2 is 2.13 bits per heavy atom. The van der Waals surface area contributed by atoms with Crippen molar-refractivity contribution in [3.8, 4) is 0 Å². The lowest BCUT2D eigenvalue weighted by Gasteiger charge is -2.29. The van der Waals surface area contributed by atoms with E-state index < -0.39 is 0 Å². The molecule has 2 nitrogen and oxygen atoms in total. The van der Waals surface area contributed by atoms with E-state index in [1.165, 1.54) is 25.1 Å². The average molecular weight is 204 g/mol. The van der Waals surface area contributed by atoms with Gasteiger partial charge in [0.2, 0.25) is 0 Å². The molecule has 0 radical (unpaired) electrons. The van der Waals surface area contributed by atoms with E-state index in [2.05, 4.69) is 47.9 Å². The molecular formula is C13H20N2. The molecule has 1 heterocycles. The maximum atomic E-state index is 3.57. The van der Waals surface area contributed by atoms with E-state index in [1.807, 2.05) is 0 Å². The van der Waals surface area contributed by atoms with E-state index in [0.29, 0.717) is 6.04 Å². The minimum Gasteiger partial charge on any atom is -0.382 e. The highest BCUT2D eigenvalue weighted by molar-refractivity contribution is 5.43. The molecule has 1 fully saturated rings. The zero-order chi connectivity index (χ0) is 10.5. The van der Waals surface area contributed by atoms with Crippen LogP contribution in [0.25, 0.3) is 0 Å². The maximum absolute atomic E-state index is 3.57. The number of piperidine rings is 1. The van der Waals surface area contributed by atoms with Crippen LogP contribution in [0.4, 0.5) is 5.69 Å². The van der Waals surface area contributed by atoms with Crippen LogP contribution in [0.2, 0.25) is 0 Å². The maximum Gasteiger partial charge on any atom is 0.0342 e. The van der Waals surface area contributed by atoms with Crippen LogP contribution in [0, 0.1) is 5.92 Å². The van der Waals surface area contributed by atoms with E-state index in [0.717, 1.165) is 12.5 Å². The van der Waals surface area contributed by atoms with E-state index in [1.54, 1.807) is 0 Å². The highest BCUT2D eigenvalue weighted by Gasteiger charge is 2.19. The molecule has 2 rings (SSSR count). The Balaban J connectivity index is 1.88. The highest BCUT2D eigenvalue weighted by Crippen LogP contribution is 2.18. The van der Waals surface area contributed by atoms with Crippen molar-refractivity contribution in [1.82, 2.24) is 5.32 Å². The zero-order valence-corrected chi connectivity index (χ0v) is 9.37. The van der Waals surface area contributed by atoms with E-state index in [4.69, 9.17) is 0 Å². The first-order valence-corrected chi connectivity index (χ1v) is 5.88. The van der Waals surface area contributed by atoms with Gasteiger partial charge in [0.1, 0.15) is 0 Å². The van der Waals surface area contributed by atoms with Crippen molar-refractivity contribution >= 4 is 5.69 Å². The normalized spacial score (nSPS) is 23.4. The molecule has 1 saturated heterocycles. The molecule has 2 heteroatoms. The molecule has 0 aromatic heterocycles. The van der Waals surface area contributed by atoms with Gasteiger partial charge < -0.3 is 10.6 Å². The lowest BCUT2D eigenvalue weighted by Crippen LogP contribution is -2.38. The Kier molecular flexibility index (Phi) is 3.62. The van der Waals surface area contributed by atoms with Gasteiger partial charge in [0.05, 0.1) is 0 Å². The summed E-state index contributed by atoms with van der Waals surface area (Å²) in [5.74, 6) is 0.763. The molecule has 0 bridgehead atoms. The third kappa shape index (κ3) is 2.96. The van der Waals surface area contributed by atoms with Crippen LogP contribution in [-0.4, -0.2) is 19.1 Å². The van der Waals surface area contributed by atoms with Crippen LogP contribution >= 0.6 is 0 Å². The molecule has 2 atom stereocenters. The number of rotatable bonds is 3. The summed E-state index contributed by atoms with van der Waals surface area (Å²) in [4.78, 5) is 0. The lowest BCUT2D eigenvalue weighted by molar-refractivity contribution is 0.347. The number of para-hydroxylation sites is 1. The molecule has 0 saturated carbocycles. The molecule has 1 aromatic carbocycles. The fraction of sp³-hybridized carbons (Fsp3) is 0.538. The number of hydrogen-bond donors (Lipinski definition) is 2. The summed E-state index contributed by atoms with van der Waals surface area (Å²) in [6.07, 6.45) is 2.65. The van der Waals surface area contributed by atoms with Crippen molar-refractivity contribution < 1.29 is 0 Å². The lowest BCUT2D eigenvalue weighted by atomic mass is 9.92. The van der Waals surface area contributed by atoms with Crippen LogP contribution in [0.3, 0.4) is 0 Å². The average Bonchev–Trinajstić information content (AvgIpc) is 2.31. The van der Waals surface area contributed by atoms with Gasteiger partial charge in [-0.1, -0.05) is 18.2 Å². The van der Waals surface area contributed by atoms with Crippen molar-refractivity contribution in [3.63, 3.8) is 0 Å². The monoisotopic (exact) mass is 204 g/mol. The fourth-order valence-electron chi connectivity index (χ4n) is 2.22. The van der Waals surface area contributed by atoms with E-state index >= 15 is 0 Å². The van der Waals surface area contributed by atoms with Crippen molar-refractivity contribution in [3.05, 3.63) is 30.3 Å². The minimum absolute atomic E-state index is 0.556. The molecule has 2 unspecified atom stereocenters. The quantitative estimate of drug-likeness (QED) is 0.790. The summed E-state index contributed by atoms with van der Waals surface area (Å²) in [6, 6.07) is 11.0. The second kappa shape index (κ2) is 5.17. The summed E-state index contributed by atoms with van der Waals surface area (Å²) in [6.45, 7) is 4.63. The number of benzene rings is 1. The largest absolute Gasteiger partial charge is 0.382 e. The van der Waals surface area contributed by atoms with Gasteiger partial charge in [0.15, 0.2) is 0 Å². The summed E-state index contributed by atoms with van der Waals surface area (Å²) in [7, 11) is 0. The van der Waals surface area contributed by atoms with Crippen molar-refractivity contribution in [2.75, 3.05) is 18.4 Å². The fourth-order valence-corrected chi connectivity index (χ4v) is 2.22. The molecule has 0 aliphatic carbocycles. The van der Waals surface area contributed by atoms with Crippen LogP contribution in [0.15, 0.2) is 30.3 Å². The number of nitrogens with one attached hydrogen (secondary N) is 2. The molecule has 82 valence electrons. The second-order valence-electron chi connectivity index (χ2n) is 4.41. The second-order valence-corrected chi connectivity index (χ2v) is 4.41. The Hall–Kier alpha value is -1.02. The first kappa shape index (κ1) is 10.5. The summed E-state index contributed by atoms with van der Waals surface area (Å²) >= 11 is 0. The Morgan fingerprint density at radius 3 is 2.80 bits per heavy atom. The summed E-state index contributed by atoms with van der Waals surface area (Å²) in [5.41, 5.74) is 1.23. The van der Waals surface area contributed by atoms with Gasteiger partial charge in [-0.25, -0.2) is 0 Å². The molecule has 1 aliphatic heterocycles. The molecule has 0 amide bonds. The minimum atomic E-state index is 0.556. The van der Waals surface area contributed by atoms with Gasteiger partial charge in [-0.05, 0) is 50.9 Å². The molecule has 1 aromatic rings. The van der Waals surface area contributed by atoms with Crippen molar-refractivity contribution in [2.24, 2.45) is 5.92 Å². The van der Waals surface area contributed by atoms with E-state index in [9.17, 15) is 0 Å². The molecule has 15 heavy (non-hydrogen) atoms. The van der Waals surface area contributed by atoms with Gasteiger partial charge >= 0.3 is 0 Å². The Labute approximate surface area is 92.1 Å². The highest BCUT2D eigenvalue weighted by atomic mass is 15.0. The standard InChI is InChI=1S/C13H20N2/c1-11(12-6-5-9-14-10-12)15-13-7-3-2-4-8-13/h2-4,7-8,11-12,14-15H,5-6,9-10H2,1H3. The third-order valence-corrected chi connectivity index (χ3v) is 3.21. The number of hydrogen-bond acceptors (Lipinski definition) is 2. The summed E-state index contributed by atoms with van der Waals surface area (Å²) < 4.78 is 0. The van der Waals surface area contributed by atoms with Gasteiger partial charge in [-0.15, -0.1) is 0 Å². The Bertz CT molecular complexity index is 278. The topological polar surface area (TPSA) is 24.1 Å². The van der Waals surface area contributed by atoms with Gasteiger partial charge in [0, 0.05) is 11.7 Å². The molecule has 1 aliphatic rings. The number of anilines is 1. The molecule has 2 N–H and O–H groups in total. The molecular weight excluding hydrogens is 184 g/mol. The predicted octanol–water partition coefficient (Wildman–Crippen LogP) is 2.49. The molecule has 0 spiro atoms. The van der Waals surface area contributed by atoms with Crippen LogP contribution in [-0.2, 0) is 0 Å². The van der Waals surface area contributed by atoms with Gasteiger partial charge in [-0.3, -0.25) is 0 Å². The van der Waals surface area contributed by atoms with E-state index in [-0.39, 0.29) is 0 Å². The van der Waals surface area contributed by atoms with Crippen LogP contribution in [0.5, 0.6) is 0 Å². The Morgan fingerprint density at radius 1 is 1.33 bits per heavy atom. The summed E-state index contributed by atoms with van der Waals surface area (Å²) in [5, 5.41) is 7.03. The first-order chi connectivity index (χ1) is 7.36. The first-order valence-electron chi connectivity index (χ1n) is 5.88.